The summed E-state index contributed by atoms with van der Waals surface area (Å²) in [5.41, 5.74) is 2.40. The van der Waals surface area contributed by atoms with Gasteiger partial charge in [0.1, 0.15) is 5.75 Å². The lowest BCUT2D eigenvalue weighted by Gasteiger charge is -2.22. The molecule has 0 fully saturated rings. The second kappa shape index (κ2) is 10.2. The fraction of sp³-hybridized carbons (Fsp3) is 0.160. The van der Waals surface area contributed by atoms with Gasteiger partial charge < -0.3 is 9.64 Å². The summed E-state index contributed by atoms with van der Waals surface area (Å²) in [6.45, 7) is 4.42. The largest absolute Gasteiger partial charge is 0.494 e. The molecule has 158 valence electrons. The third kappa shape index (κ3) is 5.57. The maximum absolute atomic E-state index is 13.3. The van der Waals surface area contributed by atoms with Crippen molar-refractivity contribution in [1.29, 1.82) is 0 Å². The number of nitro benzene ring substituents is 1. The lowest BCUT2D eigenvalue weighted by Crippen LogP contribution is -2.31. The number of hydrogen-bond donors (Lipinski definition) is 0. The molecule has 0 saturated carbocycles. The van der Waals surface area contributed by atoms with Crippen LogP contribution in [0.15, 0.2) is 78.9 Å². The van der Waals surface area contributed by atoms with Crippen LogP contribution >= 0.6 is 0 Å². The Hall–Kier alpha value is -3.93. The summed E-state index contributed by atoms with van der Waals surface area (Å²) in [6.07, 6.45) is 3.83. The van der Waals surface area contributed by atoms with Gasteiger partial charge in [0.15, 0.2) is 0 Å². The van der Waals surface area contributed by atoms with Crippen LogP contribution in [0, 0.1) is 17.0 Å². The Morgan fingerprint density at radius 3 is 2.42 bits per heavy atom. The van der Waals surface area contributed by atoms with Crippen LogP contribution in [0.25, 0.3) is 6.08 Å². The number of benzene rings is 3. The fourth-order valence-corrected chi connectivity index (χ4v) is 3.15. The summed E-state index contributed by atoms with van der Waals surface area (Å²) in [4.78, 5) is 25.8. The highest BCUT2D eigenvalue weighted by atomic mass is 16.6. The molecule has 0 aromatic heterocycles. The number of carbonyl (C=O) groups excluding carboxylic acids is 1. The molecule has 3 rings (SSSR count). The highest BCUT2D eigenvalue weighted by Gasteiger charge is 2.20. The third-order valence-corrected chi connectivity index (χ3v) is 4.76. The Morgan fingerprint density at radius 2 is 1.77 bits per heavy atom. The molecule has 0 bridgehead atoms. The first-order chi connectivity index (χ1) is 15.0. The number of nitrogens with zero attached hydrogens (tertiary/aromatic N) is 2. The van der Waals surface area contributed by atoms with Crippen molar-refractivity contribution in [2.24, 2.45) is 0 Å². The number of ether oxygens (including phenoxy) is 1. The molecule has 3 aromatic carbocycles. The zero-order valence-corrected chi connectivity index (χ0v) is 17.5. The molecular formula is C25H24N2O4. The van der Waals surface area contributed by atoms with E-state index in [1.807, 2.05) is 61.5 Å². The van der Waals surface area contributed by atoms with Gasteiger partial charge in [0.25, 0.3) is 11.6 Å². The van der Waals surface area contributed by atoms with Gasteiger partial charge >= 0.3 is 0 Å². The molecule has 0 saturated heterocycles. The molecule has 0 radical (unpaired) electrons. The molecule has 0 aliphatic heterocycles. The second-order valence-corrected chi connectivity index (χ2v) is 6.91. The van der Waals surface area contributed by atoms with Gasteiger partial charge in [-0.3, -0.25) is 14.9 Å². The van der Waals surface area contributed by atoms with E-state index >= 15 is 0 Å². The first-order valence-electron chi connectivity index (χ1n) is 10.0. The topological polar surface area (TPSA) is 72.7 Å². The van der Waals surface area contributed by atoms with Crippen LogP contribution in [0.2, 0.25) is 0 Å². The first-order valence-corrected chi connectivity index (χ1v) is 10.0. The van der Waals surface area contributed by atoms with Gasteiger partial charge in [0.05, 0.1) is 11.5 Å². The molecule has 3 aromatic rings. The van der Waals surface area contributed by atoms with Gasteiger partial charge in [-0.2, -0.15) is 0 Å². The predicted molar refractivity (Wildman–Crippen MR) is 123 cm³/mol. The van der Waals surface area contributed by atoms with E-state index in [-0.39, 0.29) is 17.2 Å². The fourth-order valence-electron chi connectivity index (χ4n) is 3.15. The minimum Gasteiger partial charge on any atom is -0.494 e. The molecule has 0 heterocycles. The molecule has 0 spiro atoms. The molecule has 31 heavy (non-hydrogen) atoms. The van der Waals surface area contributed by atoms with Gasteiger partial charge in [-0.1, -0.05) is 48.6 Å². The van der Waals surface area contributed by atoms with Crippen LogP contribution in [0.5, 0.6) is 5.75 Å². The minimum absolute atomic E-state index is 0.0719. The Bertz CT molecular complexity index is 1080. The average molecular weight is 416 g/mol. The Kier molecular flexibility index (Phi) is 7.17. The Labute approximate surface area is 181 Å². The van der Waals surface area contributed by atoms with Crippen molar-refractivity contribution < 1.29 is 14.5 Å². The lowest BCUT2D eigenvalue weighted by atomic mass is 10.1. The number of rotatable bonds is 8. The number of aryl methyl sites for hydroxylation is 1. The number of anilines is 1. The van der Waals surface area contributed by atoms with Crippen molar-refractivity contribution in [3.8, 4) is 5.75 Å². The molecule has 0 aliphatic carbocycles. The molecule has 0 N–H and O–H groups in total. The van der Waals surface area contributed by atoms with Crippen LogP contribution in [0.3, 0.4) is 0 Å². The maximum atomic E-state index is 13.3. The molecule has 0 atom stereocenters. The van der Waals surface area contributed by atoms with Crippen LogP contribution in [-0.2, 0) is 0 Å². The van der Waals surface area contributed by atoms with Crippen LogP contribution < -0.4 is 9.64 Å². The minimum atomic E-state index is -0.470. The van der Waals surface area contributed by atoms with E-state index in [1.165, 1.54) is 6.07 Å². The van der Waals surface area contributed by atoms with E-state index in [2.05, 4.69) is 0 Å². The Morgan fingerprint density at radius 1 is 1.06 bits per heavy atom. The third-order valence-electron chi connectivity index (χ3n) is 4.76. The summed E-state index contributed by atoms with van der Waals surface area (Å²) in [6, 6.07) is 21.6. The first kappa shape index (κ1) is 21.8. The summed E-state index contributed by atoms with van der Waals surface area (Å²) >= 11 is 0. The quantitative estimate of drug-likeness (QED) is 0.351. The van der Waals surface area contributed by atoms with Gasteiger partial charge in [0.2, 0.25) is 0 Å². The number of hydrogen-bond acceptors (Lipinski definition) is 4. The smallest absolute Gasteiger partial charge is 0.273 e. The molecular weight excluding hydrogens is 392 g/mol. The number of carbonyl (C=O) groups is 1. The van der Waals surface area contributed by atoms with E-state index in [0.717, 1.165) is 5.56 Å². The zero-order chi connectivity index (χ0) is 22.2. The highest BCUT2D eigenvalue weighted by molar-refractivity contribution is 6.06. The van der Waals surface area contributed by atoms with Crippen LogP contribution in [0.4, 0.5) is 11.4 Å². The van der Waals surface area contributed by atoms with Crippen LogP contribution in [0.1, 0.15) is 28.4 Å². The monoisotopic (exact) mass is 416 g/mol. The summed E-state index contributed by atoms with van der Waals surface area (Å²) < 4.78 is 5.49. The number of nitro groups is 1. The standard InChI is InChI=1S/C25H24N2O4/c1-3-31-23-15-13-22(14-16-23)26(17-7-10-20-8-5-4-6-9-20)25(28)21-12-11-19(2)24(18-21)27(29)30/h4-16,18H,3,17H2,1-2H3/b10-7+. The van der Waals surface area contributed by atoms with E-state index in [9.17, 15) is 14.9 Å². The summed E-state index contributed by atoms with van der Waals surface area (Å²) in [7, 11) is 0. The van der Waals surface area contributed by atoms with Crippen molar-refractivity contribution in [2.45, 2.75) is 13.8 Å². The molecule has 1 amide bonds. The van der Waals surface area contributed by atoms with E-state index in [4.69, 9.17) is 4.74 Å². The average Bonchev–Trinajstić information content (AvgIpc) is 2.78. The molecule has 6 heteroatoms. The molecule has 0 aliphatic rings. The summed E-state index contributed by atoms with van der Waals surface area (Å²) in [5, 5.41) is 11.3. The second-order valence-electron chi connectivity index (χ2n) is 6.91. The maximum Gasteiger partial charge on any atom is 0.273 e. The van der Waals surface area contributed by atoms with Crippen molar-refractivity contribution in [3.05, 3.63) is 106 Å². The van der Waals surface area contributed by atoms with Gasteiger partial charge in [-0.25, -0.2) is 0 Å². The van der Waals surface area contributed by atoms with Gasteiger partial charge in [0, 0.05) is 29.4 Å². The summed E-state index contributed by atoms with van der Waals surface area (Å²) in [5.74, 6) is 0.398. The van der Waals surface area contributed by atoms with Gasteiger partial charge in [-0.05, 0) is 49.7 Å². The van der Waals surface area contributed by atoms with Crippen LogP contribution in [-0.4, -0.2) is 24.0 Å². The van der Waals surface area contributed by atoms with E-state index < -0.39 is 4.92 Å². The normalized spacial score (nSPS) is 10.8. The molecule has 0 unspecified atom stereocenters. The zero-order valence-electron chi connectivity index (χ0n) is 17.5. The predicted octanol–water partition coefficient (Wildman–Crippen LogP) is 5.66. The van der Waals surface area contributed by atoms with Crippen molar-refractivity contribution in [2.75, 3.05) is 18.1 Å². The van der Waals surface area contributed by atoms with Crippen molar-refractivity contribution in [1.82, 2.24) is 0 Å². The van der Waals surface area contributed by atoms with Crippen molar-refractivity contribution >= 4 is 23.4 Å². The molecule has 6 nitrogen and oxygen atoms in total. The van der Waals surface area contributed by atoms with E-state index in [1.54, 1.807) is 36.1 Å². The van der Waals surface area contributed by atoms with E-state index in [0.29, 0.717) is 30.2 Å². The SMILES string of the molecule is CCOc1ccc(N(C/C=C/c2ccccc2)C(=O)c2ccc(C)c([N+](=O)[O-])c2)cc1. The van der Waals surface area contributed by atoms with Crippen molar-refractivity contribution in [3.63, 3.8) is 0 Å². The van der Waals surface area contributed by atoms with Gasteiger partial charge in [-0.15, -0.1) is 0 Å². The lowest BCUT2D eigenvalue weighted by molar-refractivity contribution is -0.385. The highest BCUT2D eigenvalue weighted by Crippen LogP contribution is 2.24. The Balaban J connectivity index is 1.92. The number of amides is 1.